The molecule has 0 saturated carbocycles. The van der Waals surface area contributed by atoms with Gasteiger partial charge in [0.05, 0.1) is 12.2 Å². The van der Waals surface area contributed by atoms with Gasteiger partial charge in [-0.25, -0.2) is 0 Å². The number of hydrogen-bond acceptors (Lipinski definition) is 2. The molecule has 0 fully saturated rings. The molecule has 1 rings (SSSR count). The summed E-state index contributed by atoms with van der Waals surface area (Å²) >= 11 is 0. The monoisotopic (exact) mass is 234 g/mol. The summed E-state index contributed by atoms with van der Waals surface area (Å²) in [7, 11) is 1.50. The van der Waals surface area contributed by atoms with Gasteiger partial charge in [0.2, 0.25) is 0 Å². The molecule has 2 nitrogen and oxygen atoms in total. The average Bonchev–Trinajstić information content (AvgIpc) is 2.16. The van der Waals surface area contributed by atoms with Crippen molar-refractivity contribution in [2.45, 2.75) is 13.1 Å². The molecule has 0 aromatic heterocycles. The van der Waals surface area contributed by atoms with Crippen molar-refractivity contribution in [3.05, 3.63) is 29.3 Å². The SMILES string of the molecule is COCCOc1cc(C)cc(C(F)(F)F)c1. The first-order valence-electron chi connectivity index (χ1n) is 4.74. The van der Waals surface area contributed by atoms with Crippen LogP contribution in [0.5, 0.6) is 5.75 Å². The molecule has 90 valence electrons. The Hall–Kier alpha value is -1.23. The predicted molar refractivity (Wildman–Crippen MR) is 53.6 cm³/mol. The van der Waals surface area contributed by atoms with Gasteiger partial charge in [-0.15, -0.1) is 0 Å². The Morgan fingerprint density at radius 1 is 1.12 bits per heavy atom. The van der Waals surface area contributed by atoms with E-state index in [0.29, 0.717) is 12.2 Å². The lowest BCUT2D eigenvalue weighted by Gasteiger charge is -2.11. The van der Waals surface area contributed by atoms with Gasteiger partial charge in [0.1, 0.15) is 12.4 Å². The van der Waals surface area contributed by atoms with Gasteiger partial charge in [0.15, 0.2) is 0 Å². The van der Waals surface area contributed by atoms with E-state index in [0.717, 1.165) is 12.1 Å². The molecule has 1 aromatic carbocycles. The Morgan fingerprint density at radius 2 is 1.81 bits per heavy atom. The zero-order chi connectivity index (χ0) is 12.2. The second-order valence-corrected chi connectivity index (χ2v) is 3.37. The molecule has 0 aliphatic carbocycles. The predicted octanol–water partition coefficient (Wildman–Crippen LogP) is 3.04. The molecular weight excluding hydrogens is 221 g/mol. The summed E-state index contributed by atoms with van der Waals surface area (Å²) in [6.07, 6.45) is -4.34. The molecule has 16 heavy (non-hydrogen) atoms. The van der Waals surface area contributed by atoms with Crippen LogP contribution >= 0.6 is 0 Å². The van der Waals surface area contributed by atoms with Gasteiger partial charge in [-0.1, -0.05) is 0 Å². The molecule has 0 radical (unpaired) electrons. The van der Waals surface area contributed by atoms with Crippen LogP contribution in [0.2, 0.25) is 0 Å². The van der Waals surface area contributed by atoms with E-state index in [1.54, 1.807) is 13.0 Å². The van der Waals surface area contributed by atoms with Crippen LogP contribution in [-0.4, -0.2) is 20.3 Å². The molecule has 0 bridgehead atoms. The van der Waals surface area contributed by atoms with E-state index in [-0.39, 0.29) is 12.4 Å². The van der Waals surface area contributed by atoms with Crippen LogP contribution in [0.1, 0.15) is 11.1 Å². The van der Waals surface area contributed by atoms with Crippen LogP contribution in [0.4, 0.5) is 13.2 Å². The maximum absolute atomic E-state index is 12.5. The lowest BCUT2D eigenvalue weighted by atomic mass is 10.1. The molecule has 0 amide bonds. The zero-order valence-corrected chi connectivity index (χ0v) is 9.10. The maximum Gasteiger partial charge on any atom is 0.416 e. The minimum absolute atomic E-state index is 0.212. The summed E-state index contributed by atoms with van der Waals surface area (Å²) in [4.78, 5) is 0. The molecule has 0 unspecified atom stereocenters. The molecule has 0 aliphatic rings. The molecular formula is C11H13F3O2. The quantitative estimate of drug-likeness (QED) is 0.745. The first-order valence-corrected chi connectivity index (χ1v) is 4.74. The maximum atomic E-state index is 12.5. The van der Waals surface area contributed by atoms with Crippen LogP contribution in [0.3, 0.4) is 0 Å². The first kappa shape index (κ1) is 12.8. The number of aryl methyl sites for hydroxylation is 1. The number of methoxy groups -OCH3 is 1. The standard InChI is InChI=1S/C11H13F3O2/c1-8-5-9(11(12,13)14)7-10(6-8)16-4-3-15-2/h5-7H,3-4H2,1-2H3. The normalized spacial score (nSPS) is 11.6. The molecule has 0 saturated heterocycles. The van der Waals surface area contributed by atoms with E-state index < -0.39 is 11.7 Å². The van der Waals surface area contributed by atoms with Crippen LogP contribution in [0, 0.1) is 6.92 Å². The molecule has 0 atom stereocenters. The smallest absolute Gasteiger partial charge is 0.416 e. The Kier molecular flexibility index (Phi) is 4.18. The van der Waals surface area contributed by atoms with Crippen molar-refractivity contribution in [1.82, 2.24) is 0 Å². The van der Waals surface area contributed by atoms with Crippen molar-refractivity contribution in [1.29, 1.82) is 0 Å². The van der Waals surface area contributed by atoms with E-state index in [9.17, 15) is 13.2 Å². The molecule has 0 heterocycles. The Balaban J connectivity index is 2.82. The van der Waals surface area contributed by atoms with E-state index in [1.165, 1.54) is 7.11 Å². The van der Waals surface area contributed by atoms with Crippen LogP contribution in [-0.2, 0) is 10.9 Å². The minimum atomic E-state index is -4.34. The fraction of sp³-hybridized carbons (Fsp3) is 0.455. The van der Waals surface area contributed by atoms with Crippen molar-refractivity contribution in [3.63, 3.8) is 0 Å². The molecule has 5 heteroatoms. The third-order valence-electron chi connectivity index (χ3n) is 1.93. The second-order valence-electron chi connectivity index (χ2n) is 3.37. The number of alkyl halides is 3. The number of hydrogen-bond donors (Lipinski definition) is 0. The summed E-state index contributed by atoms with van der Waals surface area (Å²) in [5, 5.41) is 0. The number of halogens is 3. The highest BCUT2D eigenvalue weighted by Gasteiger charge is 2.31. The van der Waals surface area contributed by atoms with Crippen molar-refractivity contribution in [3.8, 4) is 5.75 Å². The van der Waals surface area contributed by atoms with Gasteiger partial charge in [0.25, 0.3) is 0 Å². The summed E-state index contributed by atoms with van der Waals surface area (Å²) in [5.74, 6) is 0.212. The Morgan fingerprint density at radius 3 is 2.38 bits per heavy atom. The molecule has 0 N–H and O–H groups in total. The molecule has 1 aromatic rings. The summed E-state index contributed by atoms with van der Waals surface area (Å²) in [6.45, 7) is 2.17. The van der Waals surface area contributed by atoms with Gasteiger partial charge in [-0.2, -0.15) is 13.2 Å². The molecule has 0 aliphatic heterocycles. The van der Waals surface area contributed by atoms with E-state index in [2.05, 4.69) is 0 Å². The lowest BCUT2D eigenvalue weighted by molar-refractivity contribution is -0.137. The minimum Gasteiger partial charge on any atom is -0.491 e. The Labute approximate surface area is 92.0 Å². The fourth-order valence-corrected chi connectivity index (χ4v) is 1.24. The van der Waals surface area contributed by atoms with E-state index >= 15 is 0 Å². The largest absolute Gasteiger partial charge is 0.491 e. The van der Waals surface area contributed by atoms with Crippen molar-refractivity contribution >= 4 is 0 Å². The summed E-state index contributed by atoms with van der Waals surface area (Å²) in [6, 6.07) is 3.64. The topological polar surface area (TPSA) is 18.5 Å². The second kappa shape index (κ2) is 5.21. The van der Waals surface area contributed by atoms with Crippen LogP contribution < -0.4 is 4.74 Å². The fourth-order valence-electron chi connectivity index (χ4n) is 1.24. The van der Waals surface area contributed by atoms with Crippen molar-refractivity contribution in [2.75, 3.05) is 20.3 Å². The van der Waals surface area contributed by atoms with Gasteiger partial charge in [-0.3, -0.25) is 0 Å². The van der Waals surface area contributed by atoms with E-state index in [1.807, 2.05) is 0 Å². The van der Waals surface area contributed by atoms with Gasteiger partial charge >= 0.3 is 6.18 Å². The summed E-state index contributed by atoms with van der Waals surface area (Å²) < 4.78 is 47.3. The number of benzene rings is 1. The van der Waals surface area contributed by atoms with Gasteiger partial charge in [-0.05, 0) is 30.7 Å². The van der Waals surface area contributed by atoms with Crippen molar-refractivity contribution < 1.29 is 22.6 Å². The third-order valence-corrected chi connectivity index (χ3v) is 1.93. The van der Waals surface area contributed by atoms with Gasteiger partial charge < -0.3 is 9.47 Å². The average molecular weight is 234 g/mol. The van der Waals surface area contributed by atoms with Crippen LogP contribution in [0.25, 0.3) is 0 Å². The Bertz CT molecular complexity index is 348. The highest BCUT2D eigenvalue weighted by atomic mass is 19.4. The highest BCUT2D eigenvalue weighted by molar-refractivity contribution is 5.35. The third kappa shape index (κ3) is 3.73. The lowest BCUT2D eigenvalue weighted by Crippen LogP contribution is -2.08. The summed E-state index contributed by atoms with van der Waals surface area (Å²) in [5.41, 5.74) is -0.179. The van der Waals surface area contributed by atoms with Gasteiger partial charge in [0, 0.05) is 7.11 Å². The highest BCUT2D eigenvalue weighted by Crippen LogP contribution is 2.32. The number of ether oxygens (including phenoxy) is 2. The number of rotatable bonds is 4. The molecule has 0 spiro atoms. The first-order chi connectivity index (χ1) is 7.43. The zero-order valence-electron chi connectivity index (χ0n) is 9.10. The van der Waals surface area contributed by atoms with Crippen LogP contribution in [0.15, 0.2) is 18.2 Å². The van der Waals surface area contributed by atoms with E-state index in [4.69, 9.17) is 9.47 Å². The van der Waals surface area contributed by atoms with Crippen molar-refractivity contribution in [2.24, 2.45) is 0 Å².